The highest BCUT2D eigenvalue weighted by Crippen LogP contribution is 2.26. The van der Waals surface area contributed by atoms with Crippen molar-refractivity contribution in [3.63, 3.8) is 0 Å². The van der Waals surface area contributed by atoms with E-state index in [4.69, 9.17) is 4.74 Å². The molecule has 0 radical (unpaired) electrons. The van der Waals surface area contributed by atoms with Crippen LogP contribution in [0.4, 0.5) is 13.2 Å². The standard InChI is InChI=1S/C13H12F3NO2S/c14-13(15,16)7-10(18)8-19-11-3-1-2-9(6-11)12-17-4-5-20-12/h1-6,10,18H,7-8H2/t10-/m0/s1. The first-order valence-corrected chi connectivity index (χ1v) is 6.69. The lowest BCUT2D eigenvalue weighted by Gasteiger charge is -2.14. The molecule has 1 aromatic carbocycles. The zero-order valence-electron chi connectivity index (χ0n) is 10.3. The molecule has 1 N–H and O–H groups in total. The molecule has 7 heteroatoms. The number of rotatable bonds is 5. The van der Waals surface area contributed by atoms with E-state index in [-0.39, 0.29) is 0 Å². The molecule has 0 saturated carbocycles. The largest absolute Gasteiger partial charge is 0.491 e. The normalized spacial score (nSPS) is 13.2. The summed E-state index contributed by atoms with van der Waals surface area (Å²) in [5.74, 6) is 0.402. The molecule has 0 unspecified atom stereocenters. The minimum Gasteiger partial charge on any atom is -0.491 e. The van der Waals surface area contributed by atoms with E-state index in [2.05, 4.69) is 4.98 Å². The van der Waals surface area contributed by atoms with Gasteiger partial charge < -0.3 is 9.84 Å². The van der Waals surface area contributed by atoms with Crippen LogP contribution in [-0.2, 0) is 0 Å². The maximum atomic E-state index is 12.1. The number of hydrogen-bond acceptors (Lipinski definition) is 4. The number of benzene rings is 1. The van der Waals surface area contributed by atoms with E-state index in [0.717, 1.165) is 10.6 Å². The lowest BCUT2D eigenvalue weighted by molar-refractivity contribution is -0.156. The number of aliphatic hydroxyl groups excluding tert-OH is 1. The summed E-state index contributed by atoms with van der Waals surface area (Å²) in [6.45, 7) is -0.402. The zero-order valence-corrected chi connectivity index (χ0v) is 11.1. The minimum absolute atomic E-state index is 0.402. The Morgan fingerprint density at radius 1 is 1.35 bits per heavy atom. The molecular weight excluding hydrogens is 291 g/mol. The van der Waals surface area contributed by atoms with E-state index >= 15 is 0 Å². The van der Waals surface area contributed by atoms with Crippen LogP contribution in [0.1, 0.15) is 6.42 Å². The van der Waals surface area contributed by atoms with Crippen molar-refractivity contribution < 1.29 is 23.0 Å². The van der Waals surface area contributed by atoms with Crippen LogP contribution in [0.25, 0.3) is 10.6 Å². The summed E-state index contributed by atoms with van der Waals surface area (Å²) in [5.41, 5.74) is 0.822. The smallest absolute Gasteiger partial charge is 0.391 e. The number of ether oxygens (including phenoxy) is 1. The third-order valence-corrected chi connectivity index (χ3v) is 3.24. The van der Waals surface area contributed by atoms with Crippen LogP contribution < -0.4 is 4.74 Å². The van der Waals surface area contributed by atoms with E-state index in [0.29, 0.717) is 5.75 Å². The van der Waals surface area contributed by atoms with Gasteiger partial charge in [0.1, 0.15) is 17.4 Å². The summed E-state index contributed by atoms with van der Waals surface area (Å²) in [7, 11) is 0. The lowest BCUT2D eigenvalue weighted by atomic mass is 10.2. The molecule has 2 rings (SSSR count). The van der Waals surface area contributed by atoms with Crippen molar-refractivity contribution in [3.8, 4) is 16.3 Å². The second-order valence-corrected chi connectivity index (χ2v) is 5.04. The number of aromatic nitrogens is 1. The summed E-state index contributed by atoms with van der Waals surface area (Å²) >= 11 is 1.45. The first-order valence-electron chi connectivity index (χ1n) is 5.81. The molecule has 0 fully saturated rings. The van der Waals surface area contributed by atoms with Crippen LogP contribution in [-0.4, -0.2) is 29.0 Å². The van der Waals surface area contributed by atoms with Crippen molar-refractivity contribution in [3.05, 3.63) is 35.8 Å². The predicted octanol–water partition coefficient (Wildman–Crippen LogP) is 3.50. The van der Waals surface area contributed by atoms with Crippen molar-refractivity contribution in [2.45, 2.75) is 18.7 Å². The maximum absolute atomic E-state index is 12.1. The van der Waals surface area contributed by atoms with E-state index in [9.17, 15) is 18.3 Å². The van der Waals surface area contributed by atoms with Crippen LogP contribution in [0, 0.1) is 0 Å². The Balaban J connectivity index is 1.95. The molecule has 0 spiro atoms. The second kappa shape index (κ2) is 6.23. The monoisotopic (exact) mass is 303 g/mol. The Labute approximate surface area is 117 Å². The third-order valence-electron chi connectivity index (χ3n) is 2.42. The minimum atomic E-state index is -4.40. The highest BCUT2D eigenvalue weighted by Gasteiger charge is 2.31. The zero-order chi connectivity index (χ0) is 14.6. The molecule has 0 aliphatic rings. The fourth-order valence-electron chi connectivity index (χ4n) is 1.60. The Morgan fingerprint density at radius 3 is 2.80 bits per heavy atom. The molecule has 0 aliphatic carbocycles. The molecule has 3 nitrogen and oxygen atoms in total. The molecule has 1 atom stereocenters. The van der Waals surface area contributed by atoms with Crippen molar-refractivity contribution in [2.24, 2.45) is 0 Å². The molecular formula is C13H12F3NO2S. The van der Waals surface area contributed by atoms with E-state index in [1.54, 1.807) is 24.4 Å². The van der Waals surface area contributed by atoms with Gasteiger partial charge in [-0.15, -0.1) is 11.3 Å². The topological polar surface area (TPSA) is 42.4 Å². The van der Waals surface area contributed by atoms with Crippen molar-refractivity contribution in [2.75, 3.05) is 6.61 Å². The fourth-order valence-corrected chi connectivity index (χ4v) is 2.24. The van der Waals surface area contributed by atoms with Gasteiger partial charge in [-0.3, -0.25) is 0 Å². The average Bonchev–Trinajstić information content (AvgIpc) is 2.88. The summed E-state index contributed by atoms with van der Waals surface area (Å²) in [5, 5.41) is 11.9. The first kappa shape index (κ1) is 14.8. The van der Waals surface area contributed by atoms with Gasteiger partial charge >= 0.3 is 6.18 Å². The molecule has 0 saturated heterocycles. The lowest BCUT2D eigenvalue weighted by Crippen LogP contribution is -2.25. The fraction of sp³-hybridized carbons (Fsp3) is 0.308. The van der Waals surface area contributed by atoms with Gasteiger partial charge in [0, 0.05) is 17.1 Å². The molecule has 108 valence electrons. The first-order chi connectivity index (χ1) is 9.44. The Morgan fingerprint density at radius 2 is 2.15 bits per heavy atom. The quantitative estimate of drug-likeness (QED) is 0.919. The van der Waals surface area contributed by atoms with Gasteiger partial charge in [-0.2, -0.15) is 13.2 Å². The summed E-state index contributed by atoms with van der Waals surface area (Å²) in [6, 6.07) is 6.86. The molecule has 20 heavy (non-hydrogen) atoms. The van der Waals surface area contributed by atoms with Crippen LogP contribution >= 0.6 is 11.3 Å². The molecule has 1 aromatic heterocycles. The van der Waals surface area contributed by atoms with Gasteiger partial charge in [0.15, 0.2) is 0 Å². The summed E-state index contributed by atoms with van der Waals surface area (Å²) < 4.78 is 41.4. The van der Waals surface area contributed by atoms with Gasteiger partial charge in [-0.1, -0.05) is 12.1 Å². The van der Waals surface area contributed by atoms with Crippen LogP contribution in [0.5, 0.6) is 5.75 Å². The number of aliphatic hydroxyl groups is 1. The van der Waals surface area contributed by atoms with E-state index in [1.165, 1.54) is 11.3 Å². The molecule has 0 bridgehead atoms. The van der Waals surface area contributed by atoms with Crippen molar-refractivity contribution >= 4 is 11.3 Å². The van der Waals surface area contributed by atoms with Gasteiger partial charge in [-0.05, 0) is 12.1 Å². The number of nitrogens with zero attached hydrogens (tertiary/aromatic N) is 1. The van der Waals surface area contributed by atoms with E-state index < -0.39 is 25.3 Å². The van der Waals surface area contributed by atoms with Crippen LogP contribution in [0.3, 0.4) is 0 Å². The average molecular weight is 303 g/mol. The Bertz CT molecular complexity index is 543. The van der Waals surface area contributed by atoms with E-state index in [1.807, 2.05) is 11.4 Å². The van der Waals surface area contributed by atoms with Crippen molar-refractivity contribution in [1.29, 1.82) is 0 Å². The Hall–Kier alpha value is -1.60. The second-order valence-electron chi connectivity index (χ2n) is 4.15. The number of alkyl halides is 3. The molecule has 2 aromatic rings. The van der Waals surface area contributed by atoms with Crippen LogP contribution in [0.15, 0.2) is 35.8 Å². The molecule has 1 heterocycles. The van der Waals surface area contributed by atoms with Gasteiger partial charge in [-0.25, -0.2) is 4.98 Å². The van der Waals surface area contributed by atoms with Gasteiger partial charge in [0.25, 0.3) is 0 Å². The van der Waals surface area contributed by atoms with Gasteiger partial charge in [0.05, 0.1) is 12.5 Å². The Kier molecular flexibility index (Phi) is 4.61. The number of hydrogen-bond donors (Lipinski definition) is 1. The third kappa shape index (κ3) is 4.50. The number of thiazole rings is 1. The van der Waals surface area contributed by atoms with Gasteiger partial charge in [0.2, 0.25) is 0 Å². The highest BCUT2D eigenvalue weighted by atomic mass is 32.1. The van der Waals surface area contributed by atoms with Crippen molar-refractivity contribution in [1.82, 2.24) is 4.98 Å². The molecule has 0 aliphatic heterocycles. The van der Waals surface area contributed by atoms with Crippen LogP contribution in [0.2, 0.25) is 0 Å². The SMILES string of the molecule is O[C@H](COc1cccc(-c2nccs2)c1)CC(F)(F)F. The highest BCUT2D eigenvalue weighted by molar-refractivity contribution is 7.13. The number of halogens is 3. The maximum Gasteiger partial charge on any atom is 0.391 e. The summed E-state index contributed by atoms with van der Waals surface area (Å²) in [4.78, 5) is 4.14. The summed E-state index contributed by atoms with van der Waals surface area (Å²) in [6.07, 6.45) is -5.58. The predicted molar refractivity (Wildman–Crippen MR) is 69.7 cm³/mol. The molecule has 0 amide bonds.